The fourth-order valence-electron chi connectivity index (χ4n) is 3.90. The fourth-order valence-corrected chi connectivity index (χ4v) is 3.90. The lowest BCUT2D eigenvalue weighted by Crippen LogP contribution is -2.54. The summed E-state index contributed by atoms with van der Waals surface area (Å²) in [5.74, 6) is -3.66. The molecule has 1 aromatic heterocycles. The molecule has 0 fully saturated rings. The Kier molecular flexibility index (Phi) is 8.73. The molecule has 0 saturated carbocycles. The highest BCUT2D eigenvalue weighted by Gasteiger charge is 2.31. The van der Waals surface area contributed by atoms with Crippen molar-refractivity contribution < 1.29 is 28.7 Å². The van der Waals surface area contributed by atoms with Gasteiger partial charge in [-0.1, -0.05) is 45.9 Å². The van der Waals surface area contributed by atoms with Gasteiger partial charge in [0.25, 0.3) is 5.91 Å². The summed E-state index contributed by atoms with van der Waals surface area (Å²) in [6.07, 6.45) is -0.0800. The zero-order valence-electron chi connectivity index (χ0n) is 19.6. The number of aromatic nitrogens is 1. The highest BCUT2D eigenvalue weighted by atomic mass is 19.1. The van der Waals surface area contributed by atoms with E-state index in [9.17, 15) is 23.6 Å². The maximum Gasteiger partial charge on any atom is 0.305 e. The molecule has 2 amide bonds. The number of nitrogens with zero attached hydrogens (tertiary/aromatic N) is 1. The molecule has 0 radical (unpaired) electrons. The molecule has 1 heterocycles. The van der Waals surface area contributed by atoms with Crippen LogP contribution in [-0.2, 0) is 27.9 Å². The van der Waals surface area contributed by atoms with Gasteiger partial charge in [-0.25, -0.2) is 4.39 Å². The van der Waals surface area contributed by atoms with Gasteiger partial charge in [-0.3, -0.25) is 19.2 Å². The highest BCUT2D eigenvalue weighted by Crippen LogP contribution is 2.28. The Labute approximate surface area is 192 Å². The van der Waals surface area contributed by atoms with Crippen molar-refractivity contribution in [1.29, 1.82) is 0 Å². The van der Waals surface area contributed by atoms with Crippen LogP contribution in [-0.4, -0.2) is 52.0 Å². The maximum atomic E-state index is 13.4. The lowest BCUT2D eigenvalue weighted by Gasteiger charge is -2.24. The molecule has 2 atom stereocenters. The number of hydrogen-bond donors (Lipinski definition) is 3. The Morgan fingerprint density at radius 1 is 1.06 bits per heavy atom. The quantitative estimate of drug-likeness (QED) is 0.476. The summed E-state index contributed by atoms with van der Waals surface area (Å²) < 4.78 is 14.6. The minimum absolute atomic E-state index is 0.287. The minimum Gasteiger partial charge on any atom is -0.481 e. The van der Waals surface area contributed by atoms with Gasteiger partial charge in [0.1, 0.15) is 24.5 Å². The number of ketones is 1. The fraction of sp³-hybridized carbons (Fsp3) is 0.500. The number of fused-ring (bicyclic) bond motifs is 1. The Balaban J connectivity index is 2.36. The number of Topliss-reactive ketones (excluding diaryl/α,β-unsaturated/α-hetero) is 1. The van der Waals surface area contributed by atoms with E-state index in [1.165, 1.54) is 0 Å². The summed E-state index contributed by atoms with van der Waals surface area (Å²) in [7, 11) is 1.79. The number of amides is 2. The molecule has 0 aliphatic heterocycles. The third kappa shape index (κ3) is 6.18. The van der Waals surface area contributed by atoms with E-state index in [1.807, 2.05) is 24.3 Å². The molecular formula is C24H32FN3O5. The smallest absolute Gasteiger partial charge is 0.305 e. The number of aliphatic carboxylic acids is 1. The molecule has 0 aliphatic rings. The minimum atomic E-state index is -1.51. The molecule has 0 spiro atoms. The number of hydrogen-bond acceptors (Lipinski definition) is 4. The van der Waals surface area contributed by atoms with Crippen molar-refractivity contribution in [3.8, 4) is 0 Å². The molecule has 2 aromatic rings. The van der Waals surface area contributed by atoms with Gasteiger partial charge in [0, 0.05) is 18.0 Å². The average molecular weight is 462 g/mol. The van der Waals surface area contributed by atoms with Gasteiger partial charge in [-0.05, 0) is 29.9 Å². The molecule has 0 bridgehead atoms. The van der Waals surface area contributed by atoms with Crippen LogP contribution in [0.1, 0.15) is 50.2 Å². The van der Waals surface area contributed by atoms with E-state index in [2.05, 4.69) is 24.5 Å². The van der Waals surface area contributed by atoms with E-state index in [-0.39, 0.29) is 11.8 Å². The molecule has 8 nitrogen and oxygen atoms in total. The van der Waals surface area contributed by atoms with Gasteiger partial charge in [0.05, 0.1) is 6.42 Å². The first-order valence-electron chi connectivity index (χ1n) is 11.0. The summed E-state index contributed by atoms with van der Waals surface area (Å²) in [6, 6.07) is 5.11. The molecule has 2 rings (SSSR count). The first-order valence-corrected chi connectivity index (χ1v) is 11.0. The van der Waals surface area contributed by atoms with E-state index in [1.54, 1.807) is 25.5 Å². The second-order valence-electron chi connectivity index (χ2n) is 8.96. The van der Waals surface area contributed by atoms with E-state index in [0.717, 1.165) is 16.5 Å². The molecule has 1 aromatic carbocycles. The molecule has 0 aliphatic carbocycles. The number of aryl methyl sites for hydroxylation is 1. The second kappa shape index (κ2) is 11.1. The number of carbonyl (C=O) groups excluding carboxylic acids is 3. The summed E-state index contributed by atoms with van der Waals surface area (Å²) in [5.41, 5.74) is 2.20. The third-order valence-corrected chi connectivity index (χ3v) is 5.49. The topological polar surface area (TPSA) is 118 Å². The van der Waals surface area contributed by atoms with Gasteiger partial charge in [0.15, 0.2) is 5.78 Å². The van der Waals surface area contributed by atoms with Gasteiger partial charge < -0.3 is 20.3 Å². The maximum absolute atomic E-state index is 13.4. The zero-order valence-corrected chi connectivity index (χ0v) is 19.6. The number of alkyl halides is 1. The van der Waals surface area contributed by atoms with Crippen LogP contribution in [0.4, 0.5) is 4.39 Å². The van der Waals surface area contributed by atoms with Gasteiger partial charge in [-0.15, -0.1) is 0 Å². The molecular weight excluding hydrogens is 429 g/mol. The number of carboxylic acids is 1. The molecule has 180 valence electrons. The van der Waals surface area contributed by atoms with Crippen molar-refractivity contribution in [2.45, 2.75) is 52.6 Å². The number of benzene rings is 1. The number of para-hydroxylation sites is 1. The van der Waals surface area contributed by atoms with Crippen molar-refractivity contribution in [3.63, 3.8) is 0 Å². The van der Waals surface area contributed by atoms with Crippen LogP contribution in [0.3, 0.4) is 0 Å². The largest absolute Gasteiger partial charge is 0.481 e. The van der Waals surface area contributed by atoms with Crippen molar-refractivity contribution in [1.82, 2.24) is 15.2 Å². The first kappa shape index (κ1) is 26.0. The summed E-state index contributed by atoms with van der Waals surface area (Å²) in [4.78, 5) is 49.1. The van der Waals surface area contributed by atoms with E-state index in [4.69, 9.17) is 5.11 Å². The van der Waals surface area contributed by atoms with E-state index >= 15 is 0 Å². The van der Waals surface area contributed by atoms with Crippen LogP contribution < -0.4 is 10.6 Å². The van der Waals surface area contributed by atoms with Crippen LogP contribution in [0.15, 0.2) is 24.3 Å². The first-order chi connectivity index (χ1) is 15.5. The lowest BCUT2D eigenvalue weighted by molar-refractivity contribution is -0.140. The number of nitrogens with one attached hydrogen (secondary N) is 2. The van der Waals surface area contributed by atoms with Crippen molar-refractivity contribution in [2.24, 2.45) is 18.9 Å². The Morgan fingerprint density at radius 3 is 2.24 bits per heavy atom. The number of carboxylic acid groups (broad SMARTS) is 1. The molecule has 33 heavy (non-hydrogen) atoms. The highest BCUT2D eigenvalue weighted by molar-refractivity contribution is 6.04. The van der Waals surface area contributed by atoms with Crippen molar-refractivity contribution >= 4 is 34.5 Å². The second-order valence-corrected chi connectivity index (χ2v) is 8.96. The summed E-state index contributed by atoms with van der Waals surface area (Å²) in [6.45, 7) is 6.14. The van der Waals surface area contributed by atoms with Gasteiger partial charge >= 0.3 is 5.97 Å². The van der Waals surface area contributed by atoms with Crippen LogP contribution in [0, 0.1) is 11.8 Å². The normalized spacial score (nSPS) is 13.2. The molecule has 9 heteroatoms. The van der Waals surface area contributed by atoms with Crippen LogP contribution in [0.2, 0.25) is 0 Å². The Bertz CT molecular complexity index is 1040. The Hall–Kier alpha value is -3.23. The SMILES string of the molecule is CC(C)Cc1c(C(=O)N[C@H](C(=O)NC(CC(=O)O)C(=O)CF)C(C)C)n(C)c2ccccc12. The third-order valence-electron chi connectivity index (χ3n) is 5.49. The predicted octanol–water partition coefficient (Wildman–Crippen LogP) is 2.63. The number of halogens is 1. The summed E-state index contributed by atoms with van der Waals surface area (Å²) in [5, 5.41) is 15.0. The predicted molar refractivity (Wildman–Crippen MR) is 123 cm³/mol. The van der Waals surface area contributed by atoms with Crippen LogP contribution in [0.25, 0.3) is 10.9 Å². The average Bonchev–Trinajstić information content (AvgIpc) is 3.01. The Morgan fingerprint density at radius 2 is 1.70 bits per heavy atom. The zero-order chi connectivity index (χ0) is 24.9. The van der Waals surface area contributed by atoms with Crippen molar-refractivity contribution in [3.05, 3.63) is 35.5 Å². The standard InChI is InChI=1S/C24H32FN3O5/c1-13(2)10-16-15-8-6-7-9-18(15)28(5)22(16)24(33)27-21(14(3)4)23(32)26-17(11-20(30)31)19(29)12-25/h6-9,13-14,17,21H,10-12H2,1-5H3,(H,26,32)(H,27,33)(H,30,31)/t17?,21-/m0/s1. The number of carbonyl (C=O) groups is 4. The molecule has 1 unspecified atom stereocenters. The monoisotopic (exact) mass is 461 g/mol. The van der Waals surface area contributed by atoms with Crippen molar-refractivity contribution in [2.75, 3.05) is 6.67 Å². The van der Waals surface area contributed by atoms with E-state index in [0.29, 0.717) is 12.1 Å². The van der Waals surface area contributed by atoms with Crippen LogP contribution in [0.5, 0.6) is 0 Å². The molecule has 0 saturated heterocycles. The van der Waals surface area contributed by atoms with Gasteiger partial charge in [0.2, 0.25) is 5.91 Å². The molecule has 3 N–H and O–H groups in total. The number of rotatable bonds is 11. The van der Waals surface area contributed by atoms with E-state index < -0.39 is 48.7 Å². The van der Waals surface area contributed by atoms with Gasteiger partial charge in [-0.2, -0.15) is 0 Å². The van der Waals surface area contributed by atoms with Crippen LogP contribution >= 0.6 is 0 Å². The summed E-state index contributed by atoms with van der Waals surface area (Å²) >= 11 is 0. The lowest BCUT2D eigenvalue weighted by atomic mass is 9.98.